The molecule has 2 aliphatic rings. The highest BCUT2D eigenvalue weighted by Crippen LogP contribution is 2.37. The molecule has 1 aliphatic carbocycles. The van der Waals surface area contributed by atoms with Gasteiger partial charge >= 0.3 is 5.97 Å². The maximum absolute atomic E-state index is 13.1. The first-order chi connectivity index (χ1) is 14.0. The van der Waals surface area contributed by atoms with Crippen LogP contribution in [0, 0.1) is 0 Å². The van der Waals surface area contributed by atoms with Gasteiger partial charge in [0.05, 0.1) is 23.4 Å². The van der Waals surface area contributed by atoms with Crippen molar-refractivity contribution in [3.05, 3.63) is 16.9 Å². The molecule has 9 heteroatoms. The van der Waals surface area contributed by atoms with E-state index in [0.29, 0.717) is 25.4 Å². The number of hydrogen-bond donors (Lipinski definition) is 1. The van der Waals surface area contributed by atoms with E-state index < -0.39 is 23.5 Å². The van der Waals surface area contributed by atoms with Crippen molar-refractivity contribution in [2.24, 2.45) is 0 Å². The van der Waals surface area contributed by atoms with Crippen LogP contribution in [0.5, 0.6) is 0 Å². The van der Waals surface area contributed by atoms with Crippen LogP contribution in [-0.4, -0.2) is 59.8 Å². The second-order valence-electron chi connectivity index (χ2n) is 7.42. The highest BCUT2D eigenvalue weighted by molar-refractivity contribution is 6.33. The lowest BCUT2D eigenvalue weighted by molar-refractivity contribution is -0.156. The number of aromatic nitrogens is 2. The molecule has 2 fully saturated rings. The molecule has 0 spiro atoms. The van der Waals surface area contributed by atoms with Gasteiger partial charge in [-0.05, 0) is 39.5 Å². The summed E-state index contributed by atoms with van der Waals surface area (Å²) < 4.78 is 11.3. The first-order valence-corrected chi connectivity index (χ1v) is 10.8. The molecule has 1 aromatic rings. The predicted octanol–water partition coefficient (Wildman–Crippen LogP) is 2.74. The first kappa shape index (κ1) is 21.8. The number of ether oxygens (including phenoxy) is 2. The van der Waals surface area contributed by atoms with Crippen LogP contribution in [0.2, 0.25) is 5.02 Å². The number of carbonyl (C=O) groups excluding carboxylic acids is 2. The number of halogens is 1. The van der Waals surface area contributed by atoms with Gasteiger partial charge in [-0.2, -0.15) is 0 Å². The molecule has 29 heavy (non-hydrogen) atoms. The largest absolute Gasteiger partial charge is 0.464 e. The smallest absolute Gasteiger partial charge is 0.331 e. The van der Waals surface area contributed by atoms with Crippen molar-refractivity contribution in [1.82, 2.24) is 15.3 Å². The number of hydrogen-bond acceptors (Lipinski definition) is 7. The highest BCUT2D eigenvalue weighted by atomic mass is 35.5. The van der Waals surface area contributed by atoms with Crippen LogP contribution in [0.25, 0.3) is 0 Å². The van der Waals surface area contributed by atoms with E-state index in [1.165, 1.54) is 6.20 Å². The molecule has 160 valence electrons. The van der Waals surface area contributed by atoms with Crippen LogP contribution in [0.3, 0.4) is 0 Å². The van der Waals surface area contributed by atoms with Crippen LogP contribution >= 0.6 is 11.6 Å². The average Bonchev–Trinajstić information content (AvgIpc) is 3.39. The molecule has 2 heterocycles. The standard InChI is InChI=1S/C20H29ClN4O4/c1-3-28-18(27)16(20(29-4-2)9-5-6-10-20)24-17(26)15-14(21)13-22-19(23-15)25-11-7-8-12-25/h13,16H,3-12H2,1-2H3,(H,24,26). The Balaban J connectivity index is 1.86. The molecule has 0 bridgehead atoms. The predicted molar refractivity (Wildman–Crippen MR) is 109 cm³/mol. The van der Waals surface area contributed by atoms with Crippen molar-refractivity contribution in [1.29, 1.82) is 0 Å². The Labute approximate surface area is 176 Å². The Bertz CT molecular complexity index is 733. The highest BCUT2D eigenvalue weighted by Gasteiger charge is 2.48. The number of carbonyl (C=O) groups is 2. The zero-order chi connectivity index (χ0) is 20.9. The third-order valence-corrected chi connectivity index (χ3v) is 5.82. The summed E-state index contributed by atoms with van der Waals surface area (Å²) in [7, 11) is 0. The quantitative estimate of drug-likeness (QED) is 0.641. The zero-order valence-corrected chi connectivity index (χ0v) is 17.8. The van der Waals surface area contributed by atoms with E-state index in [-0.39, 0.29) is 17.3 Å². The molecule has 1 amide bonds. The van der Waals surface area contributed by atoms with Gasteiger partial charge in [-0.3, -0.25) is 4.79 Å². The normalized spacial score (nSPS) is 19.2. The minimum absolute atomic E-state index is 0.0579. The molecule has 8 nitrogen and oxygen atoms in total. The van der Waals surface area contributed by atoms with E-state index >= 15 is 0 Å². The fourth-order valence-electron chi connectivity index (χ4n) is 4.19. The van der Waals surface area contributed by atoms with Gasteiger partial charge < -0.3 is 19.7 Å². The van der Waals surface area contributed by atoms with E-state index in [0.717, 1.165) is 38.8 Å². The number of esters is 1. The van der Waals surface area contributed by atoms with Crippen LogP contribution in [-0.2, 0) is 14.3 Å². The Kier molecular flexibility index (Phi) is 7.29. The average molecular weight is 425 g/mol. The second-order valence-corrected chi connectivity index (χ2v) is 7.83. The van der Waals surface area contributed by atoms with Crippen molar-refractivity contribution in [3.8, 4) is 0 Å². The summed E-state index contributed by atoms with van der Waals surface area (Å²) in [5.74, 6) is -0.548. The van der Waals surface area contributed by atoms with Gasteiger partial charge in [0, 0.05) is 19.7 Å². The van der Waals surface area contributed by atoms with Gasteiger partial charge in [-0.15, -0.1) is 0 Å². The van der Waals surface area contributed by atoms with Gasteiger partial charge in [0.2, 0.25) is 5.95 Å². The summed E-state index contributed by atoms with van der Waals surface area (Å²) >= 11 is 6.23. The number of nitrogens with zero attached hydrogens (tertiary/aromatic N) is 3. The van der Waals surface area contributed by atoms with Crippen LogP contribution < -0.4 is 10.2 Å². The lowest BCUT2D eigenvalue weighted by Crippen LogP contribution is -2.58. The van der Waals surface area contributed by atoms with E-state index in [4.69, 9.17) is 21.1 Å². The lowest BCUT2D eigenvalue weighted by atomic mass is 9.91. The minimum atomic E-state index is -0.918. The maximum atomic E-state index is 13.1. The SMILES string of the molecule is CCOC(=O)C(NC(=O)c1nc(N2CCCC2)ncc1Cl)C1(OCC)CCCC1. The number of rotatable bonds is 8. The molecular weight excluding hydrogens is 396 g/mol. The van der Waals surface area contributed by atoms with Crippen molar-refractivity contribution in [2.75, 3.05) is 31.2 Å². The van der Waals surface area contributed by atoms with Crippen molar-refractivity contribution in [3.63, 3.8) is 0 Å². The monoisotopic (exact) mass is 424 g/mol. The Morgan fingerprint density at radius 1 is 1.21 bits per heavy atom. The Morgan fingerprint density at radius 3 is 2.52 bits per heavy atom. The molecule has 1 N–H and O–H groups in total. The Hall–Kier alpha value is -1.93. The first-order valence-electron chi connectivity index (χ1n) is 10.4. The maximum Gasteiger partial charge on any atom is 0.331 e. The van der Waals surface area contributed by atoms with Crippen LogP contribution in [0.15, 0.2) is 6.20 Å². The summed E-state index contributed by atoms with van der Waals surface area (Å²) in [4.78, 5) is 36.5. The van der Waals surface area contributed by atoms with E-state index in [1.54, 1.807) is 6.92 Å². The molecule has 1 aliphatic heterocycles. The molecule has 1 aromatic heterocycles. The lowest BCUT2D eigenvalue weighted by Gasteiger charge is -2.36. The summed E-state index contributed by atoms with van der Waals surface area (Å²) in [6.45, 7) is 5.99. The van der Waals surface area contributed by atoms with Gasteiger partial charge in [0.25, 0.3) is 5.91 Å². The summed E-state index contributed by atoms with van der Waals surface area (Å²) in [6.07, 6.45) is 6.79. The summed E-state index contributed by atoms with van der Waals surface area (Å²) in [5, 5.41) is 2.96. The molecule has 3 rings (SSSR count). The van der Waals surface area contributed by atoms with Crippen LogP contribution in [0.1, 0.15) is 62.9 Å². The number of amides is 1. The number of nitrogens with one attached hydrogen (secondary N) is 1. The summed E-state index contributed by atoms with van der Waals surface area (Å²) in [6, 6.07) is -0.918. The van der Waals surface area contributed by atoms with E-state index in [1.807, 2.05) is 11.8 Å². The summed E-state index contributed by atoms with van der Waals surface area (Å²) in [5.41, 5.74) is -0.712. The number of anilines is 1. The Morgan fingerprint density at radius 2 is 1.90 bits per heavy atom. The fourth-order valence-corrected chi connectivity index (χ4v) is 4.37. The second kappa shape index (κ2) is 9.71. The van der Waals surface area contributed by atoms with Gasteiger partial charge in [0.15, 0.2) is 11.7 Å². The van der Waals surface area contributed by atoms with E-state index in [2.05, 4.69) is 15.3 Å². The molecule has 0 radical (unpaired) electrons. The van der Waals surface area contributed by atoms with Crippen molar-refractivity contribution in [2.45, 2.75) is 64.0 Å². The van der Waals surface area contributed by atoms with Gasteiger partial charge in [-0.1, -0.05) is 24.4 Å². The van der Waals surface area contributed by atoms with Crippen molar-refractivity contribution < 1.29 is 19.1 Å². The van der Waals surface area contributed by atoms with Crippen LogP contribution in [0.4, 0.5) is 5.95 Å². The minimum Gasteiger partial charge on any atom is -0.464 e. The molecule has 1 atom stereocenters. The zero-order valence-electron chi connectivity index (χ0n) is 17.1. The van der Waals surface area contributed by atoms with E-state index in [9.17, 15) is 9.59 Å². The van der Waals surface area contributed by atoms with Gasteiger partial charge in [0.1, 0.15) is 0 Å². The topological polar surface area (TPSA) is 93.6 Å². The van der Waals surface area contributed by atoms with Gasteiger partial charge in [-0.25, -0.2) is 14.8 Å². The molecule has 1 saturated carbocycles. The molecule has 1 saturated heterocycles. The molecule has 1 unspecified atom stereocenters. The molecular formula is C20H29ClN4O4. The third kappa shape index (κ3) is 4.80. The molecule has 0 aromatic carbocycles. The van der Waals surface area contributed by atoms with Crippen molar-refractivity contribution >= 4 is 29.4 Å². The fraction of sp³-hybridized carbons (Fsp3) is 0.700. The third-order valence-electron chi connectivity index (χ3n) is 5.54.